The van der Waals surface area contributed by atoms with Gasteiger partial charge in [-0.1, -0.05) is 30.3 Å². The molecule has 0 spiro atoms. The van der Waals surface area contributed by atoms with Crippen molar-refractivity contribution in [3.63, 3.8) is 0 Å². The minimum absolute atomic E-state index is 0.0415. The lowest BCUT2D eigenvalue weighted by Crippen LogP contribution is -2.45. The second-order valence-electron chi connectivity index (χ2n) is 5.01. The number of amides is 1. The Morgan fingerprint density at radius 2 is 1.80 bits per heavy atom. The van der Waals surface area contributed by atoms with Gasteiger partial charge in [-0.3, -0.25) is 9.69 Å². The van der Waals surface area contributed by atoms with Crippen molar-refractivity contribution in [2.45, 2.75) is 6.42 Å². The van der Waals surface area contributed by atoms with Gasteiger partial charge in [0.1, 0.15) is 0 Å². The van der Waals surface area contributed by atoms with Crippen LogP contribution in [0.1, 0.15) is 5.56 Å². The van der Waals surface area contributed by atoms with Crippen molar-refractivity contribution >= 4 is 15.7 Å². The Morgan fingerprint density at radius 3 is 2.45 bits per heavy atom. The molecule has 1 fully saturated rings. The van der Waals surface area contributed by atoms with Gasteiger partial charge in [0.05, 0.1) is 18.1 Å². The summed E-state index contributed by atoms with van der Waals surface area (Å²) in [4.78, 5) is 13.6. The molecule has 110 valence electrons. The van der Waals surface area contributed by atoms with Crippen LogP contribution in [0.3, 0.4) is 0 Å². The lowest BCUT2D eigenvalue weighted by atomic mass is 10.1. The second-order valence-corrected chi connectivity index (χ2v) is 7.32. The molecule has 1 aromatic carbocycles. The molecule has 5 nitrogen and oxygen atoms in total. The van der Waals surface area contributed by atoms with E-state index in [2.05, 4.69) is 5.32 Å². The van der Waals surface area contributed by atoms with Crippen molar-refractivity contribution in [2.24, 2.45) is 0 Å². The molecule has 0 saturated carbocycles. The fraction of sp³-hybridized carbons (Fsp3) is 0.500. The number of nitrogens with one attached hydrogen (secondary N) is 1. The van der Waals surface area contributed by atoms with Crippen LogP contribution in [0.15, 0.2) is 30.3 Å². The van der Waals surface area contributed by atoms with Crippen molar-refractivity contribution in [3.8, 4) is 0 Å². The van der Waals surface area contributed by atoms with Gasteiger partial charge in [0.25, 0.3) is 0 Å². The molecule has 6 heteroatoms. The maximum Gasteiger partial charge on any atom is 0.234 e. The van der Waals surface area contributed by atoms with Gasteiger partial charge in [-0.25, -0.2) is 8.42 Å². The number of rotatable bonds is 5. The third-order valence-electron chi connectivity index (χ3n) is 3.38. The van der Waals surface area contributed by atoms with E-state index >= 15 is 0 Å². The number of benzene rings is 1. The highest BCUT2D eigenvalue weighted by Gasteiger charge is 2.22. The van der Waals surface area contributed by atoms with Gasteiger partial charge >= 0.3 is 0 Å². The molecular weight excluding hydrogens is 276 g/mol. The molecular formula is C14H20N2O3S. The highest BCUT2D eigenvalue weighted by atomic mass is 32.2. The van der Waals surface area contributed by atoms with Crippen molar-refractivity contribution in [1.82, 2.24) is 10.2 Å². The van der Waals surface area contributed by atoms with Crippen LogP contribution in [0, 0.1) is 0 Å². The predicted molar refractivity (Wildman–Crippen MR) is 78.2 cm³/mol. The number of carbonyl (C=O) groups is 1. The minimum Gasteiger partial charge on any atom is -0.355 e. The van der Waals surface area contributed by atoms with Crippen LogP contribution in [-0.2, 0) is 21.1 Å². The summed E-state index contributed by atoms with van der Waals surface area (Å²) in [5.74, 6) is 0.273. The summed E-state index contributed by atoms with van der Waals surface area (Å²) in [5, 5.41) is 2.87. The Bertz CT molecular complexity index is 529. The summed E-state index contributed by atoms with van der Waals surface area (Å²) >= 11 is 0. The van der Waals surface area contributed by atoms with Gasteiger partial charge in [0, 0.05) is 19.6 Å². The first-order valence-electron chi connectivity index (χ1n) is 6.78. The van der Waals surface area contributed by atoms with Gasteiger partial charge < -0.3 is 5.32 Å². The van der Waals surface area contributed by atoms with E-state index < -0.39 is 9.84 Å². The van der Waals surface area contributed by atoms with Crippen molar-refractivity contribution in [3.05, 3.63) is 35.9 Å². The summed E-state index contributed by atoms with van der Waals surface area (Å²) in [6.45, 7) is 1.79. The quantitative estimate of drug-likeness (QED) is 0.835. The van der Waals surface area contributed by atoms with E-state index in [0.717, 1.165) is 6.42 Å². The van der Waals surface area contributed by atoms with E-state index in [1.165, 1.54) is 5.56 Å². The van der Waals surface area contributed by atoms with Gasteiger partial charge in [-0.15, -0.1) is 0 Å². The maximum absolute atomic E-state index is 11.8. The monoisotopic (exact) mass is 296 g/mol. The van der Waals surface area contributed by atoms with Crippen LogP contribution in [0.4, 0.5) is 0 Å². The molecule has 1 saturated heterocycles. The highest BCUT2D eigenvalue weighted by Crippen LogP contribution is 2.03. The Kier molecular flexibility index (Phi) is 5.14. The largest absolute Gasteiger partial charge is 0.355 e. The first kappa shape index (κ1) is 15.0. The summed E-state index contributed by atoms with van der Waals surface area (Å²) in [5.41, 5.74) is 1.19. The smallest absolute Gasteiger partial charge is 0.234 e. The second kappa shape index (κ2) is 6.85. The van der Waals surface area contributed by atoms with Crippen molar-refractivity contribution in [1.29, 1.82) is 0 Å². The summed E-state index contributed by atoms with van der Waals surface area (Å²) in [7, 11) is -2.88. The zero-order valence-corrected chi connectivity index (χ0v) is 12.2. The van der Waals surface area contributed by atoms with E-state index in [1.807, 2.05) is 35.2 Å². The topological polar surface area (TPSA) is 66.5 Å². The molecule has 1 aromatic rings. The van der Waals surface area contributed by atoms with E-state index in [4.69, 9.17) is 0 Å². The van der Waals surface area contributed by atoms with Gasteiger partial charge in [0.15, 0.2) is 9.84 Å². The molecule has 0 unspecified atom stereocenters. The fourth-order valence-corrected chi connectivity index (χ4v) is 3.44. The van der Waals surface area contributed by atoms with E-state index in [9.17, 15) is 13.2 Å². The molecule has 0 atom stereocenters. The van der Waals surface area contributed by atoms with E-state index in [1.54, 1.807) is 0 Å². The first-order chi connectivity index (χ1) is 9.55. The Labute approximate surface area is 119 Å². The Balaban J connectivity index is 1.66. The van der Waals surface area contributed by atoms with Crippen LogP contribution in [-0.4, -0.2) is 56.9 Å². The molecule has 0 radical (unpaired) electrons. The van der Waals surface area contributed by atoms with Gasteiger partial charge in [-0.2, -0.15) is 0 Å². The molecule has 1 aliphatic rings. The lowest BCUT2D eigenvalue weighted by Gasteiger charge is -2.25. The number of hydrogen-bond acceptors (Lipinski definition) is 4. The normalized spacial score (nSPS) is 18.6. The summed E-state index contributed by atoms with van der Waals surface area (Å²) < 4.78 is 22.6. The number of carbonyl (C=O) groups excluding carboxylic acids is 1. The Hall–Kier alpha value is -1.40. The number of nitrogens with zero attached hydrogens (tertiary/aromatic N) is 1. The van der Waals surface area contributed by atoms with E-state index in [0.29, 0.717) is 19.6 Å². The predicted octanol–water partition coefficient (Wildman–Crippen LogP) is 0.0757. The molecule has 1 aliphatic heterocycles. The van der Waals surface area contributed by atoms with Crippen molar-refractivity contribution < 1.29 is 13.2 Å². The van der Waals surface area contributed by atoms with Crippen LogP contribution in [0.5, 0.6) is 0 Å². The third-order valence-corrected chi connectivity index (χ3v) is 4.99. The Morgan fingerprint density at radius 1 is 1.15 bits per heavy atom. The zero-order chi connectivity index (χ0) is 14.4. The third kappa shape index (κ3) is 4.94. The van der Waals surface area contributed by atoms with Gasteiger partial charge in [-0.05, 0) is 12.0 Å². The van der Waals surface area contributed by atoms with Crippen LogP contribution in [0.2, 0.25) is 0 Å². The van der Waals surface area contributed by atoms with E-state index in [-0.39, 0.29) is 24.0 Å². The molecule has 2 rings (SSSR count). The summed E-state index contributed by atoms with van der Waals surface area (Å²) in [6.07, 6.45) is 0.807. The van der Waals surface area contributed by atoms with Crippen LogP contribution < -0.4 is 5.32 Å². The molecule has 20 heavy (non-hydrogen) atoms. The van der Waals surface area contributed by atoms with Crippen LogP contribution in [0.25, 0.3) is 0 Å². The number of hydrogen-bond donors (Lipinski definition) is 1. The average molecular weight is 296 g/mol. The zero-order valence-electron chi connectivity index (χ0n) is 11.4. The average Bonchev–Trinajstić information content (AvgIpc) is 2.42. The minimum atomic E-state index is -2.88. The molecule has 1 amide bonds. The van der Waals surface area contributed by atoms with Crippen molar-refractivity contribution in [2.75, 3.05) is 37.7 Å². The number of sulfone groups is 1. The van der Waals surface area contributed by atoms with Gasteiger partial charge in [0.2, 0.25) is 5.91 Å². The lowest BCUT2D eigenvalue weighted by molar-refractivity contribution is -0.122. The first-order valence-corrected chi connectivity index (χ1v) is 8.61. The standard InChI is InChI=1S/C14H20N2O3S/c17-14(12-16-8-10-20(18,19)11-9-16)15-7-6-13-4-2-1-3-5-13/h1-5H,6-12H2,(H,15,17). The van der Waals surface area contributed by atoms with Crippen LogP contribution >= 0.6 is 0 Å². The maximum atomic E-state index is 11.8. The molecule has 0 aromatic heterocycles. The highest BCUT2D eigenvalue weighted by molar-refractivity contribution is 7.91. The summed E-state index contributed by atoms with van der Waals surface area (Å²) in [6, 6.07) is 9.98. The molecule has 1 N–H and O–H groups in total. The molecule has 0 aliphatic carbocycles. The molecule has 1 heterocycles. The fourth-order valence-electron chi connectivity index (χ4n) is 2.16. The molecule has 0 bridgehead atoms. The SMILES string of the molecule is O=C(CN1CCS(=O)(=O)CC1)NCCc1ccccc1.